The molecule has 0 amide bonds. The number of nitrogens with one attached hydrogen (secondary N) is 1. The zero-order valence-corrected chi connectivity index (χ0v) is 11.0. The molecule has 0 aliphatic heterocycles. The summed E-state index contributed by atoms with van der Waals surface area (Å²) in [5.74, 6) is 0. The molecule has 2 N–H and O–H groups in total. The third-order valence-electron chi connectivity index (χ3n) is 3.85. The van der Waals surface area contributed by atoms with E-state index in [0.717, 1.165) is 26.1 Å². The highest BCUT2D eigenvalue weighted by atomic mass is 16.3. The van der Waals surface area contributed by atoms with Crippen molar-refractivity contribution in [2.75, 3.05) is 39.8 Å². The van der Waals surface area contributed by atoms with Gasteiger partial charge in [-0.2, -0.15) is 0 Å². The molecule has 3 nitrogen and oxygen atoms in total. The number of rotatable bonds is 8. The zero-order valence-electron chi connectivity index (χ0n) is 11.0. The number of aliphatic hydroxyl groups excluding tert-OH is 1. The molecule has 1 aliphatic carbocycles. The van der Waals surface area contributed by atoms with E-state index in [-0.39, 0.29) is 0 Å². The summed E-state index contributed by atoms with van der Waals surface area (Å²) in [7, 11) is 2.06. The van der Waals surface area contributed by atoms with Crippen LogP contribution >= 0.6 is 0 Å². The van der Waals surface area contributed by atoms with Crippen LogP contribution in [0, 0.1) is 5.41 Å². The van der Waals surface area contributed by atoms with Gasteiger partial charge in [0.05, 0.1) is 0 Å². The largest absolute Gasteiger partial charge is 0.396 e. The van der Waals surface area contributed by atoms with Crippen LogP contribution in [0.4, 0.5) is 0 Å². The first-order chi connectivity index (χ1) is 7.76. The lowest BCUT2D eigenvalue weighted by Crippen LogP contribution is -2.42. The van der Waals surface area contributed by atoms with Crippen molar-refractivity contribution in [3.05, 3.63) is 0 Å². The molecule has 1 fully saturated rings. The Morgan fingerprint density at radius 1 is 1.31 bits per heavy atom. The predicted molar refractivity (Wildman–Crippen MR) is 68.6 cm³/mol. The molecule has 0 aromatic carbocycles. The lowest BCUT2D eigenvalue weighted by Gasteiger charge is -2.35. The van der Waals surface area contributed by atoms with Crippen molar-refractivity contribution in [1.29, 1.82) is 0 Å². The molecule has 96 valence electrons. The van der Waals surface area contributed by atoms with Gasteiger partial charge in [-0.15, -0.1) is 0 Å². The van der Waals surface area contributed by atoms with Gasteiger partial charge in [-0.3, -0.25) is 0 Å². The van der Waals surface area contributed by atoms with Crippen molar-refractivity contribution in [3.63, 3.8) is 0 Å². The van der Waals surface area contributed by atoms with E-state index in [1.807, 2.05) is 0 Å². The highest BCUT2D eigenvalue weighted by Gasteiger charge is 2.34. The van der Waals surface area contributed by atoms with Gasteiger partial charge in [0.25, 0.3) is 0 Å². The molecule has 0 unspecified atom stereocenters. The van der Waals surface area contributed by atoms with Gasteiger partial charge in [-0.25, -0.2) is 0 Å². The van der Waals surface area contributed by atoms with Crippen LogP contribution in [-0.4, -0.2) is 49.8 Å². The lowest BCUT2D eigenvalue weighted by atomic mass is 9.85. The standard InChI is InChI=1S/C13H28N2O/c1-3-15(9-6-10-16)12-13(11-14-2)7-4-5-8-13/h14,16H,3-12H2,1-2H3. The second-order valence-corrected chi connectivity index (χ2v) is 5.18. The Kier molecular flexibility index (Phi) is 6.32. The Bertz CT molecular complexity index is 179. The molecule has 0 radical (unpaired) electrons. The first kappa shape index (κ1) is 13.9. The Hall–Kier alpha value is -0.120. The number of aliphatic hydroxyl groups is 1. The van der Waals surface area contributed by atoms with Crippen LogP contribution in [0.3, 0.4) is 0 Å². The first-order valence-corrected chi connectivity index (χ1v) is 6.74. The Labute approximate surface area is 100 Å². The smallest absolute Gasteiger partial charge is 0.0443 e. The monoisotopic (exact) mass is 228 g/mol. The van der Waals surface area contributed by atoms with E-state index in [1.54, 1.807) is 0 Å². The summed E-state index contributed by atoms with van der Waals surface area (Å²) in [5, 5.41) is 12.3. The quantitative estimate of drug-likeness (QED) is 0.660. The van der Waals surface area contributed by atoms with Crippen LogP contribution in [-0.2, 0) is 0 Å². The SMILES string of the molecule is CCN(CCCO)CC1(CNC)CCCC1. The van der Waals surface area contributed by atoms with Gasteiger partial charge in [-0.05, 0) is 38.3 Å². The molecule has 1 rings (SSSR count). The van der Waals surface area contributed by atoms with Crippen molar-refractivity contribution in [2.24, 2.45) is 5.41 Å². The van der Waals surface area contributed by atoms with Gasteiger partial charge in [0, 0.05) is 26.2 Å². The maximum absolute atomic E-state index is 8.90. The molecule has 0 heterocycles. The van der Waals surface area contributed by atoms with E-state index in [9.17, 15) is 0 Å². The van der Waals surface area contributed by atoms with Crippen LogP contribution in [0.25, 0.3) is 0 Å². The molecule has 1 aliphatic rings. The van der Waals surface area contributed by atoms with E-state index < -0.39 is 0 Å². The minimum absolute atomic E-state index is 0.315. The lowest BCUT2D eigenvalue weighted by molar-refractivity contribution is 0.145. The first-order valence-electron chi connectivity index (χ1n) is 6.74. The van der Waals surface area contributed by atoms with Crippen LogP contribution in [0.15, 0.2) is 0 Å². The van der Waals surface area contributed by atoms with Crippen molar-refractivity contribution in [1.82, 2.24) is 10.2 Å². The van der Waals surface area contributed by atoms with Gasteiger partial charge in [0.2, 0.25) is 0 Å². The molecule has 16 heavy (non-hydrogen) atoms. The Morgan fingerprint density at radius 2 is 2.00 bits per heavy atom. The molecule has 0 aromatic heterocycles. The van der Waals surface area contributed by atoms with Crippen LogP contribution in [0.5, 0.6) is 0 Å². The maximum atomic E-state index is 8.90. The topological polar surface area (TPSA) is 35.5 Å². The highest BCUT2D eigenvalue weighted by molar-refractivity contribution is 4.88. The van der Waals surface area contributed by atoms with E-state index in [1.165, 1.54) is 32.2 Å². The van der Waals surface area contributed by atoms with Crippen molar-refractivity contribution >= 4 is 0 Å². The summed E-state index contributed by atoms with van der Waals surface area (Å²) >= 11 is 0. The van der Waals surface area contributed by atoms with Gasteiger partial charge in [-0.1, -0.05) is 19.8 Å². The Balaban J connectivity index is 2.45. The normalized spacial score (nSPS) is 19.5. The second kappa shape index (κ2) is 7.25. The number of hydrogen-bond donors (Lipinski definition) is 2. The number of nitrogens with zero attached hydrogens (tertiary/aromatic N) is 1. The second-order valence-electron chi connectivity index (χ2n) is 5.18. The van der Waals surface area contributed by atoms with Crippen LogP contribution < -0.4 is 5.32 Å². The summed E-state index contributed by atoms with van der Waals surface area (Å²) < 4.78 is 0. The van der Waals surface area contributed by atoms with Gasteiger partial charge >= 0.3 is 0 Å². The van der Waals surface area contributed by atoms with Crippen LogP contribution in [0.2, 0.25) is 0 Å². The summed E-state index contributed by atoms with van der Waals surface area (Å²) in [4.78, 5) is 2.50. The fourth-order valence-electron chi connectivity index (χ4n) is 3.01. The minimum atomic E-state index is 0.315. The minimum Gasteiger partial charge on any atom is -0.396 e. The third-order valence-corrected chi connectivity index (χ3v) is 3.85. The van der Waals surface area contributed by atoms with Gasteiger partial charge in [0.15, 0.2) is 0 Å². The molecular weight excluding hydrogens is 200 g/mol. The summed E-state index contributed by atoms with van der Waals surface area (Å²) in [6, 6.07) is 0. The van der Waals surface area contributed by atoms with Gasteiger partial charge < -0.3 is 15.3 Å². The molecular formula is C13H28N2O. The molecule has 3 heteroatoms. The van der Waals surface area contributed by atoms with E-state index in [2.05, 4.69) is 24.2 Å². The molecule has 0 aromatic rings. The third kappa shape index (κ3) is 4.04. The van der Waals surface area contributed by atoms with Gasteiger partial charge in [0.1, 0.15) is 0 Å². The average Bonchev–Trinajstić information content (AvgIpc) is 2.73. The van der Waals surface area contributed by atoms with E-state index in [0.29, 0.717) is 12.0 Å². The zero-order chi connectivity index (χ0) is 11.9. The molecule has 0 spiro atoms. The summed E-state index contributed by atoms with van der Waals surface area (Å²) in [6.07, 6.45) is 6.41. The van der Waals surface area contributed by atoms with E-state index >= 15 is 0 Å². The van der Waals surface area contributed by atoms with E-state index in [4.69, 9.17) is 5.11 Å². The van der Waals surface area contributed by atoms with Crippen molar-refractivity contribution in [2.45, 2.75) is 39.0 Å². The highest BCUT2D eigenvalue weighted by Crippen LogP contribution is 2.38. The molecule has 0 saturated heterocycles. The molecule has 1 saturated carbocycles. The van der Waals surface area contributed by atoms with Crippen molar-refractivity contribution < 1.29 is 5.11 Å². The fourth-order valence-corrected chi connectivity index (χ4v) is 3.01. The van der Waals surface area contributed by atoms with Crippen LogP contribution in [0.1, 0.15) is 39.0 Å². The molecule has 0 atom stereocenters. The predicted octanol–water partition coefficient (Wildman–Crippen LogP) is 1.47. The number of hydrogen-bond acceptors (Lipinski definition) is 3. The summed E-state index contributed by atoms with van der Waals surface area (Å²) in [6.45, 7) is 7.02. The van der Waals surface area contributed by atoms with Crippen molar-refractivity contribution in [3.8, 4) is 0 Å². The fraction of sp³-hybridized carbons (Fsp3) is 1.00. The Morgan fingerprint density at radius 3 is 2.50 bits per heavy atom. The maximum Gasteiger partial charge on any atom is 0.0443 e. The molecule has 0 bridgehead atoms. The average molecular weight is 228 g/mol. The summed E-state index contributed by atoms with van der Waals surface area (Å²) in [5.41, 5.74) is 0.500.